The molecule has 4 rings (SSSR count). The highest BCUT2D eigenvalue weighted by Crippen LogP contribution is 2.37. The first kappa shape index (κ1) is 13.1. The number of nitrogens with one attached hydrogen (secondary N) is 1. The molecule has 3 nitrogen and oxygen atoms in total. The highest BCUT2D eigenvalue weighted by molar-refractivity contribution is 6.11. The van der Waals surface area contributed by atoms with Crippen molar-refractivity contribution in [1.29, 1.82) is 0 Å². The molecule has 5 heteroatoms. The topological polar surface area (TPSA) is 36.8 Å². The minimum absolute atomic E-state index is 0.299. The van der Waals surface area contributed by atoms with Crippen molar-refractivity contribution < 1.29 is 8.78 Å². The van der Waals surface area contributed by atoms with E-state index in [4.69, 9.17) is 0 Å². The van der Waals surface area contributed by atoms with Gasteiger partial charge in [0.25, 0.3) is 0 Å². The van der Waals surface area contributed by atoms with E-state index < -0.39 is 0 Å². The third-order valence-electron chi connectivity index (χ3n) is 3.83. The van der Waals surface area contributed by atoms with Crippen molar-refractivity contribution >= 4 is 17.2 Å². The van der Waals surface area contributed by atoms with Crippen molar-refractivity contribution in [1.82, 2.24) is 5.43 Å². The minimum Gasteiger partial charge on any atom is -0.261 e. The van der Waals surface area contributed by atoms with Gasteiger partial charge in [-0.05, 0) is 55.3 Å². The number of fused-ring (bicyclic) bond motifs is 1. The van der Waals surface area contributed by atoms with Crippen LogP contribution in [0.25, 0.3) is 0 Å². The summed E-state index contributed by atoms with van der Waals surface area (Å²) in [5, 5.41) is 4.42. The predicted molar refractivity (Wildman–Crippen MR) is 81.4 cm³/mol. The van der Waals surface area contributed by atoms with Crippen LogP contribution in [0.1, 0.15) is 24.0 Å². The first-order valence-electron chi connectivity index (χ1n) is 7.19. The van der Waals surface area contributed by atoms with Gasteiger partial charge < -0.3 is 0 Å². The monoisotopic (exact) mass is 297 g/mol. The van der Waals surface area contributed by atoms with Gasteiger partial charge in [0.2, 0.25) is 0 Å². The van der Waals surface area contributed by atoms with Gasteiger partial charge in [-0.25, -0.2) is 13.8 Å². The van der Waals surface area contributed by atoms with Crippen LogP contribution in [-0.2, 0) is 0 Å². The number of amidine groups is 1. The summed E-state index contributed by atoms with van der Waals surface area (Å²) in [5.41, 5.74) is 5.93. The van der Waals surface area contributed by atoms with E-state index in [9.17, 15) is 8.78 Å². The maximum absolute atomic E-state index is 13.6. The lowest BCUT2D eigenvalue weighted by Gasteiger charge is -2.05. The Morgan fingerprint density at radius 2 is 1.68 bits per heavy atom. The van der Waals surface area contributed by atoms with Crippen LogP contribution in [0.5, 0.6) is 0 Å². The number of aliphatic imine (C=N–C) groups is 1. The van der Waals surface area contributed by atoms with E-state index in [2.05, 4.69) is 15.5 Å². The zero-order valence-corrected chi connectivity index (χ0v) is 11.7. The molecule has 22 heavy (non-hydrogen) atoms. The molecule has 0 aromatic heterocycles. The molecule has 0 spiro atoms. The molecule has 0 radical (unpaired) electrons. The van der Waals surface area contributed by atoms with E-state index >= 15 is 0 Å². The number of benzene rings is 2. The molecule has 1 aliphatic carbocycles. The Morgan fingerprint density at radius 1 is 0.955 bits per heavy atom. The molecule has 1 fully saturated rings. The molecule has 0 amide bonds. The van der Waals surface area contributed by atoms with E-state index in [1.165, 1.54) is 24.3 Å². The zero-order valence-electron chi connectivity index (χ0n) is 11.7. The van der Waals surface area contributed by atoms with Gasteiger partial charge >= 0.3 is 0 Å². The number of halogens is 2. The van der Waals surface area contributed by atoms with Gasteiger partial charge in [0, 0.05) is 17.0 Å². The lowest BCUT2D eigenvalue weighted by atomic mass is 10.0. The van der Waals surface area contributed by atoms with Crippen molar-refractivity contribution in [2.24, 2.45) is 16.0 Å². The normalized spacial score (nSPS) is 17.0. The third kappa shape index (κ3) is 2.39. The molecular weight excluding hydrogens is 284 g/mol. The fourth-order valence-corrected chi connectivity index (χ4v) is 2.53. The van der Waals surface area contributed by atoms with E-state index in [0.717, 1.165) is 29.7 Å². The van der Waals surface area contributed by atoms with Gasteiger partial charge in [0.1, 0.15) is 11.6 Å². The summed E-state index contributed by atoms with van der Waals surface area (Å²) in [5.74, 6) is 0.287. The van der Waals surface area contributed by atoms with Gasteiger partial charge in [0.05, 0.1) is 11.4 Å². The standard InChI is InChI=1S/C17H13F2N3/c18-12-5-3-11(4-6-12)17-20-15-8-7-13(19)9-14(15)16(21-22-17)10-1-2-10/h3-10H,1-2H2,(H,20,22). The summed E-state index contributed by atoms with van der Waals surface area (Å²) in [6, 6.07) is 10.6. The van der Waals surface area contributed by atoms with Crippen molar-refractivity contribution in [2.45, 2.75) is 12.8 Å². The largest absolute Gasteiger partial charge is 0.261 e. The van der Waals surface area contributed by atoms with Crippen LogP contribution >= 0.6 is 0 Å². The second kappa shape index (κ2) is 5.02. The number of hydrogen-bond donors (Lipinski definition) is 1. The molecule has 2 aliphatic rings. The number of hydrazone groups is 1. The van der Waals surface area contributed by atoms with E-state index in [1.54, 1.807) is 18.2 Å². The lowest BCUT2D eigenvalue weighted by molar-refractivity contribution is 0.627. The summed E-state index contributed by atoms with van der Waals surface area (Å²) in [7, 11) is 0. The maximum Gasteiger partial charge on any atom is 0.154 e. The van der Waals surface area contributed by atoms with Crippen LogP contribution in [0.2, 0.25) is 0 Å². The van der Waals surface area contributed by atoms with Crippen LogP contribution in [-0.4, -0.2) is 11.5 Å². The Balaban J connectivity index is 1.82. The van der Waals surface area contributed by atoms with Crippen LogP contribution < -0.4 is 5.43 Å². The number of nitrogens with zero attached hydrogens (tertiary/aromatic N) is 2. The molecule has 0 bridgehead atoms. The Hall–Kier alpha value is -2.56. The third-order valence-corrected chi connectivity index (χ3v) is 3.83. The van der Waals surface area contributed by atoms with Gasteiger partial charge in [-0.3, -0.25) is 5.43 Å². The highest BCUT2D eigenvalue weighted by atomic mass is 19.1. The second-order valence-corrected chi connectivity index (χ2v) is 5.51. The van der Waals surface area contributed by atoms with Crippen LogP contribution in [0.4, 0.5) is 14.5 Å². The van der Waals surface area contributed by atoms with E-state index in [0.29, 0.717) is 17.4 Å². The summed E-state index contributed by atoms with van der Waals surface area (Å²) in [4.78, 5) is 4.54. The van der Waals surface area contributed by atoms with Crippen molar-refractivity contribution in [3.8, 4) is 0 Å². The average molecular weight is 297 g/mol. The Bertz CT molecular complexity index is 790. The summed E-state index contributed by atoms with van der Waals surface area (Å²) in [6.07, 6.45) is 2.12. The van der Waals surface area contributed by atoms with Crippen LogP contribution in [0, 0.1) is 17.6 Å². The molecule has 0 saturated heterocycles. The van der Waals surface area contributed by atoms with Crippen LogP contribution in [0.3, 0.4) is 0 Å². The Morgan fingerprint density at radius 3 is 2.41 bits per heavy atom. The van der Waals surface area contributed by atoms with Gasteiger partial charge in [-0.2, -0.15) is 5.10 Å². The molecule has 2 aromatic rings. The molecule has 1 saturated carbocycles. The van der Waals surface area contributed by atoms with Crippen molar-refractivity contribution in [3.63, 3.8) is 0 Å². The molecular formula is C17H13F2N3. The summed E-state index contributed by atoms with van der Waals surface area (Å²) < 4.78 is 26.6. The molecule has 1 heterocycles. The average Bonchev–Trinajstić information content (AvgIpc) is 3.33. The van der Waals surface area contributed by atoms with Gasteiger partial charge in [0.15, 0.2) is 5.84 Å². The van der Waals surface area contributed by atoms with E-state index in [1.807, 2.05) is 0 Å². The van der Waals surface area contributed by atoms with Gasteiger partial charge in [-0.1, -0.05) is 0 Å². The van der Waals surface area contributed by atoms with Crippen molar-refractivity contribution in [3.05, 3.63) is 65.2 Å². The molecule has 1 N–H and O–H groups in total. The molecule has 0 atom stereocenters. The van der Waals surface area contributed by atoms with Crippen LogP contribution in [0.15, 0.2) is 52.6 Å². The number of rotatable bonds is 2. The lowest BCUT2D eigenvalue weighted by Crippen LogP contribution is -2.19. The smallest absolute Gasteiger partial charge is 0.154 e. The summed E-state index contributed by atoms with van der Waals surface area (Å²) in [6.45, 7) is 0. The fourth-order valence-electron chi connectivity index (χ4n) is 2.53. The summed E-state index contributed by atoms with van der Waals surface area (Å²) >= 11 is 0. The molecule has 110 valence electrons. The first-order chi connectivity index (χ1) is 10.7. The number of hydrogen-bond acceptors (Lipinski definition) is 3. The second-order valence-electron chi connectivity index (χ2n) is 5.51. The maximum atomic E-state index is 13.6. The van der Waals surface area contributed by atoms with Gasteiger partial charge in [-0.15, -0.1) is 0 Å². The predicted octanol–water partition coefficient (Wildman–Crippen LogP) is 3.76. The van der Waals surface area contributed by atoms with E-state index in [-0.39, 0.29) is 11.6 Å². The molecule has 2 aromatic carbocycles. The van der Waals surface area contributed by atoms with Crippen molar-refractivity contribution in [2.75, 3.05) is 0 Å². The Labute approximate surface area is 126 Å². The Kier molecular flexibility index (Phi) is 2.99. The first-order valence-corrected chi connectivity index (χ1v) is 7.19. The quantitative estimate of drug-likeness (QED) is 0.900. The molecule has 0 unspecified atom stereocenters. The zero-order chi connectivity index (χ0) is 15.1. The SMILES string of the molecule is Fc1ccc(C2=Nc3ccc(F)cc3C(C3CC3)=NN2)cc1. The highest BCUT2D eigenvalue weighted by Gasteiger charge is 2.31. The minimum atomic E-state index is -0.303. The fraction of sp³-hybridized carbons (Fsp3) is 0.176. The molecule has 1 aliphatic heterocycles.